The van der Waals surface area contributed by atoms with Gasteiger partial charge >= 0.3 is 0 Å². The topological polar surface area (TPSA) is 93.5 Å². The summed E-state index contributed by atoms with van der Waals surface area (Å²) >= 11 is 1.46. The summed E-state index contributed by atoms with van der Waals surface area (Å²) in [5.74, 6) is -0.354. The molecule has 7 nitrogen and oxygen atoms in total. The highest BCUT2D eigenvalue weighted by Gasteiger charge is 2.26. The van der Waals surface area contributed by atoms with Crippen LogP contribution in [0.25, 0.3) is 0 Å². The fraction of sp³-hybridized carbons (Fsp3) is 0.455. The van der Waals surface area contributed by atoms with Crippen molar-refractivity contribution in [2.75, 3.05) is 31.5 Å². The molecule has 1 aliphatic heterocycles. The van der Waals surface area contributed by atoms with Crippen LogP contribution < -0.4 is 5.32 Å². The van der Waals surface area contributed by atoms with Crippen molar-refractivity contribution in [3.8, 4) is 6.07 Å². The number of carbonyl (C=O) groups is 1. The Kier molecular flexibility index (Phi) is 7.49. The number of sulfonamides is 1. The molecule has 0 saturated carbocycles. The van der Waals surface area contributed by atoms with E-state index in [2.05, 4.69) is 23.2 Å². The molecule has 0 unspecified atom stereocenters. The molecule has 0 saturated heterocycles. The lowest BCUT2D eigenvalue weighted by molar-refractivity contribution is 0.102. The molecule has 0 aliphatic carbocycles. The summed E-state index contributed by atoms with van der Waals surface area (Å²) < 4.78 is 26.6. The van der Waals surface area contributed by atoms with Gasteiger partial charge in [-0.25, -0.2) is 8.42 Å². The number of thiophene rings is 1. The summed E-state index contributed by atoms with van der Waals surface area (Å²) in [6, 6.07) is 8.18. The molecule has 9 heteroatoms. The number of fused-ring (bicyclic) bond motifs is 1. The standard InChI is InChI=1S/C22H28N4O3S2/c1-4-12-25-13-11-18-19(14-23)22(30-20(18)15-25)24-21(27)16-7-9-17(10-8-16)31(28,29)26(5-2)6-3/h7-10H,4-6,11-13,15H2,1-3H3,(H,24,27). The molecular formula is C22H28N4O3S2. The number of benzene rings is 1. The number of anilines is 1. The quantitative estimate of drug-likeness (QED) is 0.649. The Bertz CT molecular complexity index is 1080. The Balaban J connectivity index is 1.79. The van der Waals surface area contributed by atoms with Crippen molar-refractivity contribution >= 4 is 32.3 Å². The van der Waals surface area contributed by atoms with Crippen molar-refractivity contribution in [1.82, 2.24) is 9.21 Å². The third kappa shape index (κ3) is 4.83. The molecule has 0 atom stereocenters. The maximum absolute atomic E-state index is 12.8. The molecule has 0 radical (unpaired) electrons. The van der Waals surface area contributed by atoms with E-state index in [1.807, 2.05) is 0 Å². The minimum atomic E-state index is -3.57. The predicted molar refractivity (Wildman–Crippen MR) is 123 cm³/mol. The Morgan fingerprint density at radius 3 is 2.48 bits per heavy atom. The number of carbonyl (C=O) groups excluding carboxylic acids is 1. The Hall–Kier alpha value is -2.25. The van der Waals surface area contributed by atoms with Gasteiger partial charge in [-0.2, -0.15) is 9.57 Å². The predicted octanol–water partition coefficient (Wildman–Crippen LogP) is 3.67. The molecule has 0 spiro atoms. The largest absolute Gasteiger partial charge is 0.312 e. The van der Waals surface area contributed by atoms with Crippen molar-refractivity contribution in [2.45, 2.75) is 45.1 Å². The second kappa shape index (κ2) is 9.92. The van der Waals surface area contributed by atoms with E-state index in [-0.39, 0.29) is 10.8 Å². The van der Waals surface area contributed by atoms with Gasteiger partial charge < -0.3 is 5.32 Å². The van der Waals surface area contributed by atoms with E-state index in [1.54, 1.807) is 13.8 Å². The summed E-state index contributed by atoms with van der Waals surface area (Å²) in [5.41, 5.74) is 1.93. The van der Waals surface area contributed by atoms with Crippen molar-refractivity contribution in [3.63, 3.8) is 0 Å². The van der Waals surface area contributed by atoms with Crippen LogP contribution in [0.3, 0.4) is 0 Å². The molecule has 2 heterocycles. The first-order valence-corrected chi connectivity index (χ1v) is 12.8. The first kappa shape index (κ1) is 23.4. The number of hydrogen-bond acceptors (Lipinski definition) is 6. The van der Waals surface area contributed by atoms with Crippen LogP contribution in [0, 0.1) is 11.3 Å². The van der Waals surface area contributed by atoms with E-state index in [0.717, 1.165) is 42.9 Å². The molecule has 0 bridgehead atoms. The number of nitrogens with one attached hydrogen (secondary N) is 1. The fourth-order valence-electron chi connectivity index (χ4n) is 3.84. The zero-order chi connectivity index (χ0) is 22.6. The molecule has 166 valence electrons. The second-order valence-electron chi connectivity index (χ2n) is 7.41. The summed E-state index contributed by atoms with van der Waals surface area (Å²) in [5, 5.41) is 13.1. The van der Waals surface area contributed by atoms with E-state index in [0.29, 0.717) is 29.2 Å². The third-order valence-corrected chi connectivity index (χ3v) is 8.67. The monoisotopic (exact) mass is 460 g/mol. The Morgan fingerprint density at radius 1 is 1.23 bits per heavy atom. The molecular weight excluding hydrogens is 432 g/mol. The van der Waals surface area contributed by atoms with Crippen LogP contribution in [0.5, 0.6) is 0 Å². The molecule has 31 heavy (non-hydrogen) atoms. The number of rotatable bonds is 8. The number of nitriles is 1. The minimum Gasteiger partial charge on any atom is -0.312 e. The lowest BCUT2D eigenvalue weighted by Crippen LogP contribution is -2.30. The van der Waals surface area contributed by atoms with Gasteiger partial charge in [-0.1, -0.05) is 20.8 Å². The molecule has 1 N–H and O–H groups in total. The second-order valence-corrected chi connectivity index (χ2v) is 10.5. The normalized spacial score (nSPS) is 14.3. The smallest absolute Gasteiger partial charge is 0.256 e. The van der Waals surface area contributed by atoms with Crippen molar-refractivity contribution in [3.05, 3.63) is 45.8 Å². The van der Waals surface area contributed by atoms with Crippen molar-refractivity contribution in [2.24, 2.45) is 0 Å². The summed E-state index contributed by atoms with van der Waals surface area (Å²) in [6.07, 6.45) is 1.89. The summed E-state index contributed by atoms with van der Waals surface area (Å²) in [7, 11) is -3.57. The molecule has 3 rings (SSSR count). The Morgan fingerprint density at radius 2 is 1.90 bits per heavy atom. The first-order chi connectivity index (χ1) is 14.8. The summed E-state index contributed by atoms with van der Waals surface area (Å²) in [4.78, 5) is 16.4. The van der Waals surface area contributed by atoms with Gasteiger partial charge in [-0.15, -0.1) is 11.3 Å². The average molecular weight is 461 g/mol. The van der Waals surface area contributed by atoms with Crippen LogP contribution in [0.2, 0.25) is 0 Å². The third-order valence-electron chi connectivity index (χ3n) is 5.47. The van der Waals surface area contributed by atoms with E-state index >= 15 is 0 Å². The van der Waals surface area contributed by atoms with E-state index in [9.17, 15) is 18.5 Å². The minimum absolute atomic E-state index is 0.160. The van der Waals surface area contributed by atoms with Gasteiger partial charge in [0, 0.05) is 36.6 Å². The highest BCUT2D eigenvalue weighted by Crippen LogP contribution is 2.37. The maximum atomic E-state index is 12.8. The van der Waals surface area contributed by atoms with Gasteiger partial charge in [-0.05, 0) is 49.2 Å². The van der Waals surface area contributed by atoms with Gasteiger partial charge in [0.15, 0.2) is 0 Å². The van der Waals surface area contributed by atoms with Crippen LogP contribution >= 0.6 is 11.3 Å². The number of amides is 1. The molecule has 0 fully saturated rings. The van der Waals surface area contributed by atoms with Crippen molar-refractivity contribution in [1.29, 1.82) is 5.26 Å². The number of nitrogens with zero attached hydrogens (tertiary/aromatic N) is 3. The van der Waals surface area contributed by atoms with Gasteiger partial charge in [0.25, 0.3) is 5.91 Å². The van der Waals surface area contributed by atoms with Crippen LogP contribution in [0.15, 0.2) is 29.2 Å². The molecule has 1 aliphatic rings. The maximum Gasteiger partial charge on any atom is 0.256 e. The molecule has 1 aromatic heterocycles. The molecule has 2 aromatic rings. The fourth-order valence-corrected chi connectivity index (χ4v) is 6.53. The van der Waals surface area contributed by atoms with Crippen LogP contribution in [-0.2, 0) is 23.0 Å². The van der Waals surface area contributed by atoms with Gasteiger partial charge in [0.1, 0.15) is 11.1 Å². The van der Waals surface area contributed by atoms with Gasteiger partial charge in [0.05, 0.1) is 10.5 Å². The van der Waals surface area contributed by atoms with E-state index < -0.39 is 10.0 Å². The van der Waals surface area contributed by atoms with Crippen LogP contribution in [-0.4, -0.2) is 49.7 Å². The first-order valence-electron chi connectivity index (χ1n) is 10.5. The molecule has 1 amide bonds. The summed E-state index contributed by atoms with van der Waals surface area (Å²) in [6.45, 7) is 9.24. The number of hydrogen-bond donors (Lipinski definition) is 1. The van der Waals surface area contributed by atoms with E-state index in [4.69, 9.17) is 0 Å². The average Bonchev–Trinajstić information content (AvgIpc) is 3.10. The molecule has 1 aromatic carbocycles. The van der Waals surface area contributed by atoms with Crippen molar-refractivity contribution < 1.29 is 13.2 Å². The van der Waals surface area contributed by atoms with Crippen LogP contribution in [0.4, 0.5) is 5.00 Å². The lowest BCUT2D eigenvalue weighted by atomic mass is 10.0. The highest BCUT2D eigenvalue weighted by atomic mass is 32.2. The van der Waals surface area contributed by atoms with Gasteiger partial charge in [0.2, 0.25) is 10.0 Å². The van der Waals surface area contributed by atoms with Crippen LogP contribution in [0.1, 0.15) is 53.6 Å². The SMILES string of the molecule is CCCN1CCc2c(sc(NC(=O)c3ccc(S(=O)(=O)N(CC)CC)cc3)c2C#N)C1. The zero-order valence-electron chi connectivity index (χ0n) is 18.1. The van der Waals surface area contributed by atoms with E-state index in [1.165, 1.54) is 39.9 Å². The highest BCUT2D eigenvalue weighted by molar-refractivity contribution is 7.89. The Labute approximate surface area is 188 Å². The zero-order valence-corrected chi connectivity index (χ0v) is 19.8. The lowest BCUT2D eigenvalue weighted by Gasteiger charge is -2.26. The van der Waals surface area contributed by atoms with Gasteiger partial charge in [-0.3, -0.25) is 9.69 Å².